The Morgan fingerprint density at radius 2 is 1.19 bits per heavy atom. The van der Waals surface area contributed by atoms with Gasteiger partial charge in [0.15, 0.2) is 6.29 Å². The minimum Gasteiger partial charge on any atom is -0.480 e. The lowest BCUT2D eigenvalue weighted by atomic mass is 9.97. The number of rotatable bonds is 37. The van der Waals surface area contributed by atoms with E-state index in [9.17, 15) is 44.4 Å². The summed E-state index contributed by atoms with van der Waals surface area (Å²) in [5.41, 5.74) is 0. The van der Waals surface area contributed by atoms with Gasteiger partial charge in [-0.05, 0) is 19.3 Å². The summed E-state index contributed by atoms with van der Waals surface area (Å²) in [5, 5.41) is 47.7. The first-order valence-corrected chi connectivity index (χ1v) is 22.5. The summed E-state index contributed by atoms with van der Waals surface area (Å²) in [6.45, 7) is 5.09. The molecule has 16 nitrogen and oxygen atoms in total. The van der Waals surface area contributed by atoms with Gasteiger partial charge in [0.2, 0.25) is 11.8 Å². The van der Waals surface area contributed by atoms with Gasteiger partial charge >= 0.3 is 17.9 Å². The van der Waals surface area contributed by atoms with E-state index < -0.39 is 85.5 Å². The Kier molecular flexibility index (Phi) is 31.9. The highest BCUT2D eigenvalue weighted by Crippen LogP contribution is 2.22. The van der Waals surface area contributed by atoms with Gasteiger partial charge in [-0.3, -0.25) is 19.2 Å². The second kappa shape index (κ2) is 34.8. The largest absolute Gasteiger partial charge is 0.480 e. The summed E-state index contributed by atoms with van der Waals surface area (Å²) in [6, 6.07) is -3.77. The number of carbonyl (C=O) groups is 5. The molecule has 0 unspecified atom stereocenters. The molecule has 0 spiro atoms. The van der Waals surface area contributed by atoms with Crippen LogP contribution in [0, 0.1) is 0 Å². The Morgan fingerprint density at radius 3 is 1.68 bits per heavy atom. The Morgan fingerprint density at radius 1 is 0.678 bits per heavy atom. The van der Waals surface area contributed by atoms with Gasteiger partial charge in [0, 0.05) is 19.9 Å². The molecule has 7 N–H and O–H groups in total. The number of esters is 2. The average molecular weight is 846 g/mol. The Labute approximate surface area is 352 Å². The van der Waals surface area contributed by atoms with E-state index in [2.05, 4.69) is 29.8 Å². The van der Waals surface area contributed by atoms with Crippen LogP contribution < -0.4 is 16.0 Å². The van der Waals surface area contributed by atoms with E-state index in [1.807, 2.05) is 0 Å². The molecule has 7 atom stereocenters. The van der Waals surface area contributed by atoms with Crippen LogP contribution in [0.4, 0.5) is 0 Å². The highest BCUT2D eigenvalue weighted by molar-refractivity contribution is 5.88. The monoisotopic (exact) mass is 846 g/mol. The fraction of sp³-hybridized carbons (Fsp3) is 0.884. The number of carboxylic acid groups (broad SMARTS) is 1. The predicted molar refractivity (Wildman–Crippen MR) is 222 cm³/mol. The van der Waals surface area contributed by atoms with Crippen LogP contribution in [0.15, 0.2) is 0 Å². The molecule has 0 aromatic rings. The van der Waals surface area contributed by atoms with Crippen LogP contribution in [0.3, 0.4) is 0 Å². The molecule has 1 saturated heterocycles. The molecule has 1 fully saturated rings. The molecule has 0 aromatic heterocycles. The number of hydrogen-bond acceptors (Lipinski definition) is 13. The number of carboxylic acids is 1. The van der Waals surface area contributed by atoms with Gasteiger partial charge in [-0.25, -0.2) is 4.79 Å². The molecule has 344 valence electrons. The van der Waals surface area contributed by atoms with E-state index in [1.54, 1.807) is 0 Å². The zero-order valence-electron chi connectivity index (χ0n) is 36.3. The normalized spacial score (nSPS) is 20.1. The lowest BCUT2D eigenvalue weighted by Gasteiger charge is -2.42. The SMILES string of the molecule is CCCCCCCCCCCCOC(=O)CC[C@H](NC(=O)C[C@H](NCCO[C@@H]1O[C@H](CO)[C@@H](O)[C@H](O)[C@H]1NC(C)=O)C(=O)O)C(=O)OCCCCCCCCCCCC. The zero-order valence-corrected chi connectivity index (χ0v) is 36.3. The van der Waals surface area contributed by atoms with Crippen molar-refractivity contribution in [1.82, 2.24) is 16.0 Å². The van der Waals surface area contributed by atoms with Crippen LogP contribution in [0.1, 0.15) is 168 Å². The summed E-state index contributed by atoms with van der Waals surface area (Å²) < 4.78 is 22.0. The number of aliphatic hydroxyl groups is 3. The molecule has 0 aromatic carbocycles. The maximum atomic E-state index is 13.1. The number of unbranched alkanes of at least 4 members (excludes halogenated alkanes) is 18. The molecule has 1 aliphatic heterocycles. The van der Waals surface area contributed by atoms with E-state index in [0.717, 1.165) is 44.9 Å². The van der Waals surface area contributed by atoms with Crippen molar-refractivity contribution in [1.29, 1.82) is 0 Å². The third-order valence-corrected chi connectivity index (χ3v) is 10.5. The number of amides is 2. The van der Waals surface area contributed by atoms with Crippen molar-refractivity contribution in [2.45, 2.75) is 211 Å². The van der Waals surface area contributed by atoms with Crippen LogP contribution >= 0.6 is 0 Å². The Balaban J connectivity index is 2.66. The van der Waals surface area contributed by atoms with Crippen LogP contribution in [0.5, 0.6) is 0 Å². The van der Waals surface area contributed by atoms with Crippen molar-refractivity contribution >= 4 is 29.7 Å². The average Bonchev–Trinajstić information content (AvgIpc) is 3.20. The Bertz CT molecular complexity index is 1150. The second-order valence-corrected chi connectivity index (χ2v) is 15.8. The van der Waals surface area contributed by atoms with E-state index in [1.165, 1.54) is 84.0 Å². The molecule has 0 saturated carbocycles. The summed E-state index contributed by atoms with van der Waals surface area (Å²) in [6.07, 6.45) is 16.4. The van der Waals surface area contributed by atoms with E-state index in [4.69, 9.17) is 18.9 Å². The van der Waals surface area contributed by atoms with Crippen molar-refractivity contribution in [3.63, 3.8) is 0 Å². The molecule has 0 bridgehead atoms. The molecule has 16 heteroatoms. The van der Waals surface area contributed by atoms with Gasteiger partial charge in [-0.1, -0.05) is 129 Å². The van der Waals surface area contributed by atoms with Crippen LogP contribution in [-0.4, -0.2) is 126 Å². The molecule has 0 aliphatic carbocycles. The summed E-state index contributed by atoms with van der Waals surface area (Å²) in [5.74, 6) is -3.84. The predicted octanol–water partition coefficient (Wildman–Crippen LogP) is 4.57. The molecular formula is C43H79N3O13. The third-order valence-electron chi connectivity index (χ3n) is 10.5. The number of hydrogen-bond donors (Lipinski definition) is 7. The Hall–Kier alpha value is -2.89. The topological polar surface area (TPSA) is 239 Å². The molecule has 1 heterocycles. The van der Waals surface area contributed by atoms with E-state index in [-0.39, 0.29) is 39.2 Å². The number of nitrogens with one attached hydrogen (secondary N) is 3. The number of ether oxygens (including phenoxy) is 4. The van der Waals surface area contributed by atoms with E-state index in [0.29, 0.717) is 6.42 Å². The summed E-state index contributed by atoms with van der Waals surface area (Å²) in [4.78, 5) is 62.6. The molecule has 59 heavy (non-hydrogen) atoms. The fourth-order valence-electron chi connectivity index (χ4n) is 6.93. The second-order valence-electron chi connectivity index (χ2n) is 15.8. The smallest absolute Gasteiger partial charge is 0.328 e. The summed E-state index contributed by atoms with van der Waals surface area (Å²) in [7, 11) is 0. The standard InChI is InChI=1S/C43H79N3O13/c1-4-6-8-10-12-14-16-18-20-22-27-56-37(50)25-24-33(42(55)57-28-23-21-19-17-15-13-11-9-7-5-2)46-36(49)30-34(41(53)54)44-26-29-58-43-38(45-32(3)48)40(52)39(51)35(31-47)59-43/h33-35,38-40,43-44,47,51-52H,4-31H2,1-3H3,(H,45,48)(H,46,49)(H,53,54)/t33-,34-,35+,38+,39+,40+,43+/m0/s1. The maximum absolute atomic E-state index is 13.1. The van der Waals surface area contributed by atoms with Crippen LogP contribution in [0.2, 0.25) is 0 Å². The van der Waals surface area contributed by atoms with Crippen molar-refractivity contribution in [3.05, 3.63) is 0 Å². The van der Waals surface area contributed by atoms with Gasteiger partial charge in [-0.2, -0.15) is 0 Å². The molecular weight excluding hydrogens is 766 g/mol. The van der Waals surface area contributed by atoms with Crippen molar-refractivity contribution < 1.29 is 63.3 Å². The first kappa shape index (κ1) is 54.1. The van der Waals surface area contributed by atoms with Crippen LogP contribution in [0.25, 0.3) is 0 Å². The van der Waals surface area contributed by atoms with Crippen molar-refractivity contribution in [3.8, 4) is 0 Å². The van der Waals surface area contributed by atoms with Gasteiger partial charge in [-0.15, -0.1) is 0 Å². The highest BCUT2D eigenvalue weighted by Gasteiger charge is 2.45. The van der Waals surface area contributed by atoms with E-state index >= 15 is 0 Å². The first-order valence-electron chi connectivity index (χ1n) is 22.5. The lowest BCUT2D eigenvalue weighted by molar-refractivity contribution is -0.269. The number of aliphatic carboxylic acids is 1. The van der Waals surface area contributed by atoms with Gasteiger partial charge in [0.25, 0.3) is 0 Å². The molecule has 1 aliphatic rings. The minimum atomic E-state index is -1.51. The van der Waals surface area contributed by atoms with Gasteiger partial charge in [0.05, 0.1) is 32.8 Å². The molecule has 0 radical (unpaired) electrons. The molecule has 2 amide bonds. The quantitative estimate of drug-likeness (QED) is 0.0335. The minimum absolute atomic E-state index is 0.0787. The van der Waals surface area contributed by atoms with Gasteiger partial charge < -0.3 is 55.3 Å². The van der Waals surface area contributed by atoms with Crippen molar-refractivity contribution in [2.24, 2.45) is 0 Å². The summed E-state index contributed by atoms with van der Waals surface area (Å²) >= 11 is 0. The zero-order chi connectivity index (χ0) is 43.7. The highest BCUT2D eigenvalue weighted by atomic mass is 16.7. The van der Waals surface area contributed by atoms with Crippen LogP contribution in [-0.2, 0) is 42.9 Å². The number of aliphatic hydroxyl groups excluding tert-OH is 3. The number of carbonyl (C=O) groups excluding carboxylic acids is 4. The third kappa shape index (κ3) is 26.1. The molecule has 1 rings (SSSR count). The van der Waals surface area contributed by atoms with Gasteiger partial charge in [0.1, 0.15) is 36.4 Å². The fourth-order valence-corrected chi connectivity index (χ4v) is 6.93. The maximum Gasteiger partial charge on any atom is 0.328 e. The van der Waals surface area contributed by atoms with Crippen molar-refractivity contribution in [2.75, 3.05) is 33.0 Å². The lowest BCUT2D eigenvalue weighted by Crippen LogP contribution is -2.64. The first-order chi connectivity index (χ1) is 28.4.